The first kappa shape index (κ1) is 18.1. The number of rotatable bonds is 5. The molecule has 2 aromatic rings. The van der Waals surface area contributed by atoms with Crippen molar-refractivity contribution < 1.29 is 13.5 Å². The van der Waals surface area contributed by atoms with Crippen molar-refractivity contribution in [2.24, 2.45) is 4.99 Å². The number of likely N-dealkylation sites (tertiary alicyclic amines) is 1. The molecule has 1 aromatic heterocycles. The molecule has 1 fully saturated rings. The van der Waals surface area contributed by atoms with Crippen molar-refractivity contribution in [1.29, 1.82) is 0 Å². The number of hydrogen-bond donors (Lipinski definition) is 2. The zero-order chi connectivity index (χ0) is 18.4. The van der Waals surface area contributed by atoms with E-state index in [9.17, 15) is 8.78 Å². The van der Waals surface area contributed by atoms with Crippen molar-refractivity contribution in [3.05, 3.63) is 42.0 Å². The van der Waals surface area contributed by atoms with Gasteiger partial charge in [-0.25, -0.2) is 13.8 Å². The first-order valence-electron chi connectivity index (χ1n) is 8.56. The minimum Gasteiger partial charge on any atom is -0.492 e. The van der Waals surface area contributed by atoms with Gasteiger partial charge in [0.05, 0.1) is 6.54 Å². The van der Waals surface area contributed by atoms with Crippen LogP contribution < -0.4 is 10.1 Å². The van der Waals surface area contributed by atoms with Crippen LogP contribution in [0.25, 0.3) is 0 Å². The number of guanidine groups is 1. The van der Waals surface area contributed by atoms with Crippen molar-refractivity contribution in [2.45, 2.75) is 18.8 Å². The van der Waals surface area contributed by atoms with Crippen LogP contribution in [0.2, 0.25) is 0 Å². The van der Waals surface area contributed by atoms with Crippen molar-refractivity contribution in [2.75, 3.05) is 33.3 Å². The van der Waals surface area contributed by atoms with Crippen molar-refractivity contribution in [3.63, 3.8) is 0 Å². The van der Waals surface area contributed by atoms with Crippen LogP contribution >= 0.6 is 0 Å². The lowest BCUT2D eigenvalue weighted by molar-refractivity contribution is 0.289. The van der Waals surface area contributed by atoms with E-state index in [2.05, 4.69) is 30.4 Å². The summed E-state index contributed by atoms with van der Waals surface area (Å²) in [6, 6.07) is 3.50. The molecule has 0 aliphatic carbocycles. The first-order valence-corrected chi connectivity index (χ1v) is 8.56. The lowest BCUT2D eigenvalue weighted by Gasteiger charge is -2.33. The summed E-state index contributed by atoms with van der Waals surface area (Å²) < 4.78 is 31.5. The van der Waals surface area contributed by atoms with Gasteiger partial charge in [0.2, 0.25) is 0 Å². The summed E-state index contributed by atoms with van der Waals surface area (Å²) in [5.74, 6) is 0.630. The number of nitrogens with one attached hydrogen (secondary N) is 2. The van der Waals surface area contributed by atoms with Crippen LogP contribution in [0.15, 0.2) is 29.5 Å². The normalized spacial score (nSPS) is 16.0. The highest BCUT2D eigenvalue weighted by Crippen LogP contribution is 2.24. The topological polar surface area (TPSA) is 78.4 Å². The predicted molar refractivity (Wildman–Crippen MR) is 93.1 cm³/mol. The summed E-state index contributed by atoms with van der Waals surface area (Å²) in [4.78, 5) is 10.7. The summed E-state index contributed by atoms with van der Waals surface area (Å²) >= 11 is 0. The zero-order valence-electron chi connectivity index (χ0n) is 14.6. The maximum absolute atomic E-state index is 13.1. The Labute approximate surface area is 150 Å². The van der Waals surface area contributed by atoms with Crippen LogP contribution in [0.4, 0.5) is 8.78 Å². The fourth-order valence-electron chi connectivity index (χ4n) is 3.01. The molecular formula is C17H22F2N6O. The van der Waals surface area contributed by atoms with Gasteiger partial charge in [0.25, 0.3) is 0 Å². The summed E-state index contributed by atoms with van der Waals surface area (Å²) in [7, 11) is 1.74. The second kappa shape index (κ2) is 8.59. The Morgan fingerprint density at radius 1 is 1.35 bits per heavy atom. The van der Waals surface area contributed by atoms with Gasteiger partial charge in [0, 0.05) is 32.1 Å². The maximum atomic E-state index is 13.1. The molecule has 2 N–H and O–H groups in total. The molecule has 0 saturated carbocycles. The zero-order valence-corrected chi connectivity index (χ0v) is 14.6. The highest BCUT2D eigenvalue weighted by molar-refractivity contribution is 5.79. The minimum atomic E-state index is -0.916. The van der Waals surface area contributed by atoms with E-state index in [0.29, 0.717) is 24.8 Å². The number of aliphatic imine (C=N–C) groups is 1. The SMILES string of the molecule is CN=C(NCCOc1ccc(F)c(F)c1)N1CCC(c2ncn[nH]2)CC1. The Morgan fingerprint density at radius 2 is 2.15 bits per heavy atom. The van der Waals surface area contributed by atoms with Gasteiger partial charge in [-0.2, -0.15) is 5.10 Å². The number of piperidine rings is 1. The van der Waals surface area contributed by atoms with E-state index in [1.54, 1.807) is 7.05 Å². The summed E-state index contributed by atoms with van der Waals surface area (Å²) in [6.45, 7) is 2.57. The van der Waals surface area contributed by atoms with Crippen LogP contribution in [0.1, 0.15) is 24.6 Å². The van der Waals surface area contributed by atoms with Gasteiger partial charge in [-0.1, -0.05) is 0 Å². The maximum Gasteiger partial charge on any atom is 0.193 e. The van der Waals surface area contributed by atoms with Crippen LogP contribution in [0.3, 0.4) is 0 Å². The van der Waals surface area contributed by atoms with Gasteiger partial charge < -0.3 is 15.0 Å². The lowest BCUT2D eigenvalue weighted by atomic mass is 9.96. The molecule has 2 heterocycles. The number of halogens is 2. The molecule has 26 heavy (non-hydrogen) atoms. The first-order chi connectivity index (χ1) is 12.7. The average molecular weight is 364 g/mol. The highest BCUT2D eigenvalue weighted by Gasteiger charge is 2.24. The quantitative estimate of drug-likeness (QED) is 0.481. The Kier molecular flexibility index (Phi) is 5.98. The van der Waals surface area contributed by atoms with Gasteiger partial charge in [-0.05, 0) is 25.0 Å². The predicted octanol–water partition coefficient (Wildman–Crippen LogP) is 1.92. The van der Waals surface area contributed by atoms with Gasteiger partial charge in [0.15, 0.2) is 17.6 Å². The number of nitrogens with zero attached hydrogens (tertiary/aromatic N) is 4. The minimum absolute atomic E-state index is 0.300. The highest BCUT2D eigenvalue weighted by atomic mass is 19.2. The Morgan fingerprint density at radius 3 is 2.81 bits per heavy atom. The van der Waals surface area contributed by atoms with Crippen LogP contribution in [-0.4, -0.2) is 59.3 Å². The van der Waals surface area contributed by atoms with E-state index < -0.39 is 11.6 Å². The fraction of sp³-hybridized carbons (Fsp3) is 0.471. The van der Waals surface area contributed by atoms with Gasteiger partial charge >= 0.3 is 0 Å². The molecule has 1 aliphatic heterocycles. The molecule has 0 unspecified atom stereocenters. The third kappa shape index (κ3) is 4.47. The molecule has 0 atom stereocenters. The molecule has 1 aromatic carbocycles. The molecule has 0 spiro atoms. The monoisotopic (exact) mass is 364 g/mol. The summed E-state index contributed by atoms with van der Waals surface area (Å²) in [5, 5.41) is 10.1. The van der Waals surface area contributed by atoms with E-state index in [1.807, 2.05) is 0 Å². The molecule has 1 aliphatic rings. The van der Waals surface area contributed by atoms with Crippen LogP contribution in [0.5, 0.6) is 5.75 Å². The van der Waals surface area contributed by atoms with E-state index in [4.69, 9.17) is 4.74 Å². The van der Waals surface area contributed by atoms with Crippen LogP contribution in [-0.2, 0) is 0 Å². The number of hydrogen-bond acceptors (Lipinski definition) is 4. The number of benzene rings is 1. The number of H-pyrrole nitrogens is 1. The molecule has 3 rings (SSSR count). The molecule has 140 valence electrons. The van der Waals surface area contributed by atoms with Crippen LogP contribution in [0, 0.1) is 11.6 Å². The van der Waals surface area contributed by atoms with Gasteiger partial charge in [0.1, 0.15) is 24.5 Å². The van der Waals surface area contributed by atoms with E-state index in [0.717, 1.165) is 49.8 Å². The number of aromatic amines is 1. The fourth-order valence-corrected chi connectivity index (χ4v) is 3.01. The Hall–Kier alpha value is -2.71. The smallest absolute Gasteiger partial charge is 0.193 e. The Balaban J connectivity index is 1.41. The third-order valence-corrected chi connectivity index (χ3v) is 4.37. The molecule has 0 radical (unpaired) electrons. The van der Waals surface area contributed by atoms with Gasteiger partial charge in [-0.3, -0.25) is 10.1 Å². The second-order valence-electron chi connectivity index (χ2n) is 6.03. The standard InChI is InChI=1S/C17H22F2N6O/c1-20-17(21-6-9-26-13-2-3-14(18)15(19)10-13)25-7-4-12(5-8-25)16-22-11-23-24-16/h2-3,10-12H,4-9H2,1H3,(H,20,21)(H,22,23,24). The molecular weight excluding hydrogens is 342 g/mol. The van der Waals surface area contributed by atoms with E-state index in [1.165, 1.54) is 12.4 Å². The molecule has 0 bridgehead atoms. The summed E-state index contributed by atoms with van der Waals surface area (Å²) in [5.41, 5.74) is 0. The molecule has 9 heteroatoms. The third-order valence-electron chi connectivity index (χ3n) is 4.37. The lowest BCUT2D eigenvalue weighted by Crippen LogP contribution is -2.46. The number of ether oxygens (including phenoxy) is 1. The second-order valence-corrected chi connectivity index (χ2v) is 6.03. The van der Waals surface area contributed by atoms with Crippen molar-refractivity contribution in [3.8, 4) is 5.75 Å². The number of aromatic nitrogens is 3. The van der Waals surface area contributed by atoms with E-state index >= 15 is 0 Å². The van der Waals surface area contributed by atoms with Crippen molar-refractivity contribution in [1.82, 2.24) is 25.4 Å². The van der Waals surface area contributed by atoms with Crippen molar-refractivity contribution >= 4 is 5.96 Å². The average Bonchev–Trinajstić information content (AvgIpc) is 3.20. The largest absolute Gasteiger partial charge is 0.492 e. The Bertz CT molecular complexity index is 729. The molecule has 7 nitrogen and oxygen atoms in total. The molecule has 0 amide bonds. The molecule has 1 saturated heterocycles. The summed E-state index contributed by atoms with van der Waals surface area (Å²) in [6.07, 6.45) is 3.48. The van der Waals surface area contributed by atoms with Gasteiger partial charge in [-0.15, -0.1) is 0 Å². The van der Waals surface area contributed by atoms with E-state index in [-0.39, 0.29) is 0 Å².